The molecule has 168 valence electrons. The summed E-state index contributed by atoms with van der Waals surface area (Å²) in [5.74, 6) is 0.609. The molecule has 0 aliphatic heterocycles. The largest absolute Gasteiger partial charge is 0.497 e. The second kappa shape index (κ2) is 10.7. The van der Waals surface area contributed by atoms with E-state index in [1.807, 2.05) is 42.5 Å². The third-order valence-electron chi connectivity index (χ3n) is 4.90. The van der Waals surface area contributed by atoms with Gasteiger partial charge in [0.15, 0.2) is 0 Å². The lowest BCUT2D eigenvalue weighted by atomic mass is 10.1. The number of nitrogens with one attached hydrogen (secondary N) is 1. The van der Waals surface area contributed by atoms with Gasteiger partial charge in [-0.15, -0.1) is 0 Å². The molecule has 8 heteroatoms. The van der Waals surface area contributed by atoms with Gasteiger partial charge in [0.2, 0.25) is 0 Å². The topological polar surface area (TPSA) is 80.2 Å². The molecular formula is C24H27N3O4S. The molecule has 3 aromatic rings. The molecule has 1 N–H and O–H groups in total. The fraction of sp³-hybridized carbons (Fsp3) is 0.208. The molecule has 0 aliphatic rings. The Hall–Kier alpha value is -3.52. The summed E-state index contributed by atoms with van der Waals surface area (Å²) in [6.07, 6.45) is 1.46. The maximum atomic E-state index is 12.7. The van der Waals surface area contributed by atoms with Crippen molar-refractivity contribution < 1.29 is 17.9 Å². The SMILES string of the molecule is CCN(Cc1ccccc1)c1ccc(/C=N/NS(=O)(=O)c2cc(OC)ccc2OC)cc1. The first kappa shape index (κ1) is 23.1. The molecule has 0 aromatic heterocycles. The van der Waals surface area contributed by atoms with E-state index in [-0.39, 0.29) is 10.6 Å². The molecule has 0 heterocycles. The van der Waals surface area contributed by atoms with Gasteiger partial charge in [-0.1, -0.05) is 42.5 Å². The molecule has 3 aromatic carbocycles. The van der Waals surface area contributed by atoms with Crippen LogP contribution in [-0.4, -0.2) is 35.4 Å². The summed E-state index contributed by atoms with van der Waals surface area (Å²) in [7, 11) is -1.06. The maximum absolute atomic E-state index is 12.7. The number of ether oxygens (including phenoxy) is 2. The van der Waals surface area contributed by atoms with E-state index in [1.54, 1.807) is 6.07 Å². The van der Waals surface area contributed by atoms with Gasteiger partial charge < -0.3 is 14.4 Å². The molecule has 0 atom stereocenters. The standard InChI is InChI=1S/C24H27N3O4S/c1-4-27(18-20-8-6-5-7-9-20)21-12-10-19(11-13-21)17-25-26-32(28,29)24-16-22(30-2)14-15-23(24)31-3/h5-17,26H,4,18H2,1-3H3/b25-17+. The summed E-state index contributed by atoms with van der Waals surface area (Å²) in [5, 5.41) is 3.91. The van der Waals surface area contributed by atoms with Crippen LogP contribution in [0.15, 0.2) is 82.8 Å². The number of nitrogens with zero attached hydrogens (tertiary/aromatic N) is 2. The number of rotatable bonds is 10. The van der Waals surface area contributed by atoms with Gasteiger partial charge in [0.1, 0.15) is 16.4 Å². The number of hydrogen-bond donors (Lipinski definition) is 1. The van der Waals surface area contributed by atoms with E-state index in [0.29, 0.717) is 5.75 Å². The summed E-state index contributed by atoms with van der Waals surface area (Å²) in [5.41, 5.74) is 3.09. The second-order valence-electron chi connectivity index (χ2n) is 6.96. The highest BCUT2D eigenvalue weighted by molar-refractivity contribution is 7.89. The average molecular weight is 454 g/mol. The van der Waals surface area contributed by atoms with Crippen LogP contribution in [-0.2, 0) is 16.6 Å². The second-order valence-corrected chi connectivity index (χ2v) is 8.59. The molecule has 0 aliphatic carbocycles. The fourth-order valence-electron chi connectivity index (χ4n) is 3.17. The zero-order chi connectivity index (χ0) is 23.0. The number of methoxy groups -OCH3 is 2. The molecule has 0 unspecified atom stereocenters. The fourth-order valence-corrected chi connectivity index (χ4v) is 4.15. The quantitative estimate of drug-likeness (QED) is 0.370. The van der Waals surface area contributed by atoms with E-state index in [1.165, 1.54) is 38.1 Å². The minimum atomic E-state index is -3.93. The Kier molecular flexibility index (Phi) is 7.72. The average Bonchev–Trinajstić information content (AvgIpc) is 2.83. The van der Waals surface area contributed by atoms with Crippen LogP contribution in [0.5, 0.6) is 11.5 Å². The molecule has 0 amide bonds. The number of hydrogen-bond acceptors (Lipinski definition) is 6. The van der Waals surface area contributed by atoms with Gasteiger partial charge >= 0.3 is 0 Å². The van der Waals surface area contributed by atoms with Crippen molar-refractivity contribution in [2.24, 2.45) is 5.10 Å². The van der Waals surface area contributed by atoms with Gasteiger partial charge in [0, 0.05) is 24.8 Å². The van der Waals surface area contributed by atoms with E-state index in [0.717, 1.165) is 24.3 Å². The van der Waals surface area contributed by atoms with Gasteiger partial charge in [-0.25, -0.2) is 0 Å². The van der Waals surface area contributed by atoms with Crippen molar-refractivity contribution in [1.82, 2.24) is 4.83 Å². The first-order valence-electron chi connectivity index (χ1n) is 10.1. The zero-order valence-electron chi connectivity index (χ0n) is 18.4. The van der Waals surface area contributed by atoms with Crippen LogP contribution in [0.1, 0.15) is 18.1 Å². The van der Waals surface area contributed by atoms with E-state index in [9.17, 15) is 8.42 Å². The molecule has 32 heavy (non-hydrogen) atoms. The summed E-state index contributed by atoms with van der Waals surface area (Å²) >= 11 is 0. The van der Waals surface area contributed by atoms with Gasteiger partial charge in [0.25, 0.3) is 10.0 Å². The molecule has 0 radical (unpaired) electrons. The number of hydrazone groups is 1. The van der Waals surface area contributed by atoms with Crippen molar-refractivity contribution in [3.63, 3.8) is 0 Å². The van der Waals surface area contributed by atoms with Crippen molar-refractivity contribution >= 4 is 21.9 Å². The number of sulfonamides is 1. The first-order valence-corrected chi connectivity index (χ1v) is 11.6. The molecular weight excluding hydrogens is 426 g/mol. The summed E-state index contributed by atoms with van der Waals surface area (Å²) in [6.45, 7) is 3.79. The van der Waals surface area contributed by atoms with Crippen LogP contribution in [0.3, 0.4) is 0 Å². The lowest BCUT2D eigenvalue weighted by Gasteiger charge is -2.23. The Morgan fingerprint density at radius 1 is 0.969 bits per heavy atom. The highest BCUT2D eigenvalue weighted by atomic mass is 32.2. The predicted molar refractivity (Wildman–Crippen MR) is 127 cm³/mol. The highest BCUT2D eigenvalue weighted by Gasteiger charge is 2.20. The first-order chi connectivity index (χ1) is 15.5. The minimum absolute atomic E-state index is 0.0497. The van der Waals surface area contributed by atoms with Crippen molar-refractivity contribution in [3.05, 3.63) is 83.9 Å². The van der Waals surface area contributed by atoms with E-state index in [2.05, 4.69) is 33.9 Å². The molecule has 3 rings (SSSR count). The molecule has 0 saturated heterocycles. The van der Waals surface area contributed by atoms with Crippen molar-refractivity contribution in [1.29, 1.82) is 0 Å². The Morgan fingerprint density at radius 3 is 2.31 bits per heavy atom. The van der Waals surface area contributed by atoms with Crippen LogP contribution in [0, 0.1) is 0 Å². The zero-order valence-corrected chi connectivity index (χ0v) is 19.2. The smallest absolute Gasteiger partial charge is 0.280 e. The Morgan fingerprint density at radius 2 is 1.69 bits per heavy atom. The van der Waals surface area contributed by atoms with Crippen molar-refractivity contribution in [3.8, 4) is 11.5 Å². The van der Waals surface area contributed by atoms with E-state index in [4.69, 9.17) is 9.47 Å². The lowest BCUT2D eigenvalue weighted by Crippen LogP contribution is -2.21. The van der Waals surface area contributed by atoms with Gasteiger partial charge in [0.05, 0.1) is 20.4 Å². The normalized spacial score (nSPS) is 11.3. The van der Waals surface area contributed by atoms with Crippen LogP contribution in [0.2, 0.25) is 0 Å². The molecule has 7 nitrogen and oxygen atoms in total. The third-order valence-corrected chi connectivity index (χ3v) is 6.15. The number of anilines is 1. The van der Waals surface area contributed by atoms with Crippen LogP contribution in [0.4, 0.5) is 5.69 Å². The Bertz CT molecular complexity index is 1150. The van der Waals surface area contributed by atoms with E-state index < -0.39 is 10.0 Å². The monoisotopic (exact) mass is 453 g/mol. The molecule has 0 fully saturated rings. The Labute approximate surface area is 189 Å². The predicted octanol–water partition coefficient (Wildman–Crippen LogP) is 4.04. The molecule has 0 spiro atoms. The molecule has 0 saturated carbocycles. The number of benzene rings is 3. The summed E-state index contributed by atoms with van der Waals surface area (Å²) < 4.78 is 35.6. The summed E-state index contributed by atoms with van der Waals surface area (Å²) in [6, 6.07) is 22.6. The van der Waals surface area contributed by atoms with Crippen LogP contribution in [0.25, 0.3) is 0 Å². The lowest BCUT2D eigenvalue weighted by molar-refractivity contribution is 0.392. The third kappa shape index (κ3) is 5.79. The van der Waals surface area contributed by atoms with E-state index >= 15 is 0 Å². The Balaban J connectivity index is 1.69. The van der Waals surface area contributed by atoms with Crippen LogP contribution >= 0.6 is 0 Å². The van der Waals surface area contributed by atoms with Crippen molar-refractivity contribution in [2.45, 2.75) is 18.4 Å². The summed E-state index contributed by atoms with van der Waals surface area (Å²) in [4.78, 5) is 4.44. The molecule has 0 bridgehead atoms. The van der Waals surface area contributed by atoms with Gasteiger partial charge in [-0.2, -0.15) is 18.4 Å². The maximum Gasteiger partial charge on any atom is 0.280 e. The van der Waals surface area contributed by atoms with Crippen LogP contribution < -0.4 is 19.2 Å². The van der Waals surface area contributed by atoms with Gasteiger partial charge in [-0.3, -0.25) is 0 Å². The highest BCUT2D eigenvalue weighted by Crippen LogP contribution is 2.28. The van der Waals surface area contributed by atoms with Gasteiger partial charge in [-0.05, 0) is 42.3 Å². The minimum Gasteiger partial charge on any atom is -0.497 e. The van der Waals surface area contributed by atoms with Crippen molar-refractivity contribution in [2.75, 3.05) is 25.7 Å².